The van der Waals surface area contributed by atoms with Crippen molar-refractivity contribution in [2.24, 2.45) is 18.5 Å². The van der Waals surface area contributed by atoms with Gasteiger partial charge in [-0.05, 0) is 12.1 Å². The van der Waals surface area contributed by atoms with Crippen LogP contribution >= 0.6 is 11.6 Å². The predicted octanol–water partition coefficient (Wildman–Crippen LogP) is 1.95. The number of nitrogens with two attached hydrogens (primary N) is 2. The molecule has 0 radical (unpaired) electrons. The van der Waals surface area contributed by atoms with Gasteiger partial charge in [0.2, 0.25) is 0 Å². The van der Waals surface area contributed by atoms with Crippen molar-refractivity contribution >= 4 is 28.1 Å². The summed E-state index contributed by atoms with van der Waals surface area (Å²) in [5, 5.41) is 1.35. The Hall–Kier alpha value is -2.34. The van der Waals surface area contributed by atoms with E-state index in [1.165, 1.54) is 20.4 Å². The number of hydrogen-bond donors (Lipinski definition) is 2. The van der Waals surface area contributed by atoms with Crippen molar-refractivity contribution < 1.29 is 9.47 Å². The first-order chi connectivity index (χ1) is 10.0. The average molecular weight is 309 g/mol. The fourth-order valence-corrected chi connectivity index (χ4v) is 2.34. The fourth-order valence-electron chi connectivity index (χ4n) is 2.18. The van der Waals surface area contributed by atoms with Crippen LogP contribution in [-0.4, -0.2) is 23.8 Å². The Morgan fingerprint density at radius 3 is 2.62 bits per heavy atom. The third-order valence-corrected chi connectivity index (χ3v) is 3.44. The molecule has 4 N–H and O–H groups in total. The molecule has 0 aromatic carbocycles. The highest BCUT2D eigenvalue weighted by atomic mass is 35.5. The number of nitrogens with zero attached hydrogens (tertiary/aromatic N) is 2. The molecule has 0 atom stereocenters. The van der Waals surface area contributed by atoms with Gasteiger partial charge in [0.1, 0.15) is 16.5 Å². The van der Waals surface area contributed by atoms with E-state index in [-0.39, 0.29) is 5.88 Å². The molecule has 6 nitrogen and oxygen atoms in total. The number of rotatable bonds is 4. The van der Waals surface area contributed by atoms with E-state index in [9.17, 15) is 0 Å². The molecule has 2 aromatic rings. The first kappa shape index (κ1) is 15.1. The summed E-state index contributed by atoms with van der Waals surface area (Å²) in [4.78, 5) is 4.09. The number of hydrogen-bond acceptors (Lipinski definition) is 5. The lowest BCUT2D eigenvalue weighted by Crippen LogP contribution is -2.10. The monoisotopic (exact) mass is 308 g/mol. The highest BCUT2D eigenvalue weighted by Gasteiger charge is 2.19. The summed E-state index contributed by atoms with van der Waals surface area (Å²) in [5.74, 6) is 0.623. The van der Waals surface area contributed by atoms with Gasteiger partial charge in [0.05, 0.1) is 31.6 Å². The summed E-state index contributed by atoms with van der Waals surface area (Å²) in [7, 11) is 4.89. The van der Waals surface area contributed by atoms with Gasteiger partial charge < -0.3 is 25.5 Å². The molecular formula is C14H17ClN4O2. The zero-order chi connectivity index (χ0) is 15.6. The zero-order valence-corrected chi connectivity index (χ0v) is 12.8. The van der Waals surface area contributed by atoms with Crippen LogP contribution in [0, 0.1) is 0 Å². The van der Waals surface area contributed by atoms with E-state index in [0.29, 0.717) is 16.5 Å². The lowest BCUT2D eigenvalue weighted by molar-refractivity contribution is 0.277. The van der Waals surface area contributed by atoms with Crippen molar-refractivity contribution in [3.63, 3.8) is 0 Å². The number of allylic oxidation sites excluding steroid dienone is 1. The van der Waals surface area contributed by atoms with Crippen LogP contribution in [-0.2, 0) is 16.5 Å². The van der Waals surface area contributed by atoms with Crippen LogP contribution in [0.5, 0.6) is 0 Å². The van der Waals surface area contributed by atoms with E-state index in [2.05, 4.69) is 4.98 Å². The normalized spacial score (nSPS) is 13.2. The van der Waals surface area contributed by atoms with Crippen LogP contribution in [0.1, 0.15) is 5.69 Å². The number of fused-ring (bicyclic) bond motifs is 1. The van der Waals surface area contributed by atoms with Gasteiger partial charge in [0.25, 0.3) is 0 Å². The lowest BCUT2D eigenvalue weighted by atomic mass is 10.1. The Morgan fingerprint density at radius 1 is 1.33 bits per heavy atom. The van der Waals surface area contributed by atoms with Crippen LogP contribution in [0.15, 0.2) is 36.2 Å². The van der Waals surface area contributed by atoms with Gasteiger partial charge >= 0.3 is 0 Å². The zero-order valence-electron chi connectivity index (χ0n) is 12.1. The maximum Gasteiger partial charge on any atom is 0.197 e. The molecule has 0 aliphatic carbocycles. The lowest BCUT2D eigenvalue weighted by Gasteiger charge is -2.14. The number of halogens is 1. The quantitative estimate of drug-likeness (QED) is 0.512. The third-order valence-electron chi connectivity index (χ3n) is 3.24. The summed E-state index contributed by atoms with van der Waals surface area (Å²) in [6.45, 7) is 0. The number of pyridine rings is 1. The van der Waals surface area contributed by atoms with E-state index in [1.807, 2.05) is 17.7 Å². The van der Waals surface area contributed by atoms with Gasteiger partial charge in [-0.15, -0.1) is 0 Å². The molecule has 0 saturated heterocycles. The van der Waals surface area contributed by atoms with E-state index in [0.717, 1.165) is 16.6 Å². The molecule has 0 fully saturated rings. The third kappa shape index (κ3) is 2.62. The molecule has 0 spiro atoms. The van der Waals surface area contributed by atoms with Crippen molar-refractivity contribution in [2.75, 3.05) is 14.2 Å². The van der Waals surface area contributed by atoms with E-state index >= 15 is 0 Å². The highest BCUT2D eigenvalue weighted by molar-refractivity contribution is 6.30. The van der Waals surface area contributed by atoms with Crippen molar-refractivity contribution in [3.05, 3.63) is 47.0 Å². The van der Waals surface area contributed by atoms with Crippen LogP contribution in [0.25, 0.3) is 16.5 Å². The van der Waals surface area contributed by atoms with Gasteiger partial charge in [-0.25, -0.2) is 4.98 Å². The summed E-state index contributed by atoms with van der Waals surface area (Å²) in [6, 6.07) is 3.70. The van der Waals surface area contributed by atoms with E-state index in [1.54, 1.807) is 12.3 Å². The first-order valence-corrected chi connectivity index (χ1v) is 6.52. The Labute approximate surface area is 127 Å². The summed E-state index contributed by atoms with van der Waals surface area (Å²) < 4.78 is 12.3. The molecule has 2 rings (SSSR count). The summed E-state index contributed by atoms with van der Waals surface area (Å²) in [5.41, 5.74) is 13.8. The summed E-state index contributed by atoms with van der Waals surface area (Å²) >= 11 is 5.93. The van der Waals surface area contributed by atoms with Gasteiger partial charge in [0.15, 0.2) is 5.88 Å². The predicted molar refractivity (Wildman–Crippen MR) is 83.1 cm³/mol. The molecule has 0 saturated carbocycles. The van der Waals surface area contributed by atoms with Crippen molar-refractivity contribution in [3.8, 4) is 0 Å². The second-order valence-corrected chi connectivity index (χ2v) is 4.72. The van der Waals surface area contributed by atoms with Crippen LogP contribution in [0.4, 0.5) is 0 Å². The molecule has 0 amide bonds. The van der Waals surface area contributed by atoms with Gasteiger partial charge in [-0.3, -0.25) is 0 Å². The smallest absolute Gasteiger partial charge is 0.197 e. The second kappa shape index (κ2) is 5.97. The Balaban J connectivity index is 2.75. The van der Waals surface area contributed by atoms with Crippen LogP contribution in [0.2, 0.25) is 5.15 Å². The van der Waals surface area contributed by atoms with Crippen LogP contribution < -0.4 is 11.5 Å². The molecule has 0 unspecified atom stereocenters. The van der Waals surface area contributed by atoms with Gasteiger partial charge in [-0.1, -0.05) is 11.6 Å². The molecule has 7 heteroatoms. The summed E-state index contributed by atoms with van der Waals surface area (Å²) in [6.07, 6.45) is 3.03. The van der Waals surface area contributed by atoms with Crippen LogP contribution in [0.3, 0.4) is 0 Å². The Kier molecular flexibility index (Phi) is 4.28. The number of ether oxygens (including phenoxy) is 2. The SMILES string of the molecule is COC(=C/N)/C(=C(\N)OC)c1cc2cc(Cl)ncc2n1C. The largest absolute Gasteiger partial charge is 0.494 e. The second-order valence-electron chi connectivity index (χ2n) is 4.33. The van der Waals surface area contributed by atoms with Crippen molar-refractivity contribution in [1.82, 2.24) is 9.55 Å². The average Bonchev–Trinajstić information content (AvgIpc) is 2.79. The van der Waals surface area contributed by atoms with Crippen molar-refractivity contribution in [1.29, 1.82) is 0 Å². The molecule has 21 heavy (non-hydrogen) atoms. The molecule has 2 heterocycles. The molecule has 0 aliphatic rings. The fraction of sp³-hybridized carbons (Fsp3) is 0.214. The minimum absolute atomic E-state index is 0.207. The number of aryl methyl sites for hydroxylation is 1. The first-order valence-electron chi connectivity index (χ1n) is 6.14. The minimum atomic E-state index is 0.207. The molecule has 0 aliphatic heterocycles. The van der Waals surface area contributed by atoms with Gasteiger partial charge in [0, 0.05) is 18.6 Å². The van der Waals surface area contributed by atoms with E-state index in [4.69, 9.17) is 32.5 Å². The highest BCUT2D eigenvalue weighted by Crippen LogP contribution is 2.30. The minimum Gasteiger partial charge on any atom is -0.494 e. The standard InChI is InChI=1S/C14H17ClN4O2/c1-19-9(4-8-5-12(15)18-7-10(8)19)13(14(17)21-3)11(6-16)20-2/h4-7H,16-17H2,1-3H3/b11-6+,14-13+. The number of aromatic nitrogens is 2. The Bertz CT molecular complexity index is 734. The molecule has 112 valence electrons. The van der Waals surface area contributed by atoms with Crippen molar-refractivity contribution in [2.45, 2.75) is 0 Å². The topological polar surface area (TPSA) is 88.3 Å². The van der Waals surface area contributed by atoms with Gasteiger partial charge in [-0.2, -0.15) is 0 Å². The Morgan fingerprint density at radius 2 is 2.05 bits per heavy atom. The maximum absolute atomic E-state index is 5.95. The number of methoxy groups -OCH3 is 2. The molecule has 2 aromatic heterocycles. The van der Waals surface area contributed by atoms with E-state index < -0.39 is 0 Å². The maximum atomic E-state index is 5.95. The molecule has 0 bridgehead atoms. The molecular weight excluding hydrogens is 292 g/mol.